The molecule has 1 unspecified atom stereocenters. The Kier molecular flexibility index (Phi) is 5.16. The molecule has 0 radical (unpaired) electrons. The summed E-state index contributed by atoms with van der Waals surface area (Å²) in [5, 5.41) is 7.27. The van der Waals surface area contributed by atoms with Crippen LogP contribution < -0.4 is 19.5 Å². The first-order valence-corrected chi connectivity index (χ1v) is 9.49. The highest BCUT2D eigenvalue weighted by atomic mass is 16.7. The lowest BCUT2D eigenvalue weighted by Crippen LogP contribution is -2.26. The van der Waals surface area contributed by atoms with Crippen molar-refractivity contribution < 1.29 is 23.4 Å². The van der Waals surface area contributed by atoms with Gasteiger partial charge < -0.3 is 23.9 Å². The smallest absolute Gasteiger partial charge is 0.287 e. The van der Waals surface area contributed by atoms with Gasteiger partial charge in [0, 0.05) is 23.9 Å². The summed E-state index contributed by atoms with van der Waals surface area (Å²) < 4.78 is 23.9. The Hall–Kier alpha value is -3.42. The van der Waals surface area contributed by atoms with Crippen LogP contribution >= 0.6 is 0 Å². The van der Waals surface area contributed by atoms with Crippen LogP contribution in [0.15, 0.2) is 40.9 Å². The molecule has 1 aromatic carbocycles. The number of carbonyl (C=O) groups excluding carboxylic acids is 1. The van der Waals surface area contributed by atoms with E-state index in [1.165, 1.54) is 0 Å². The highest BCUT2D eigenvalue weighted by molar-refractivity contribution is 5.91. The Morgan fingerprint density at radius 3 is 2.90 bits per heavy atom. The molecule has 0 aliphatic carbocycles. The first kappa shape index (κ1) is 18.9. The maximum absolute atomic E-state index is 12.5. The van der Waals surface area contributed by atoms with Crippen molar-refractivity contribution in [2.45, 2.75) is 40.0 Å². The monoisotopic (exact) mass is 397 g/mol. The van der Waals surface area contributed by atoms with Gasteiger partial charge in [-0.1, -0.05) is 0 Å². The Labute approximate surface area is 168 Å². The van der Waals surface area contributed by atoms with Crippen LogP contribution in [0.1, 0.15) is 47.5 Å². The molecule has 0 saturated carbocycles. The molecular formula is C21H23N3O5. The molecule has 1 aliphatic heterocycles. The predicted octanol–water partition coefficient (Wildman–Crippen LogP) is 3.60. The summed E-state index contributed by atoms with van der Waals surface area (Å²) in [5.41, 5.74) is 2.02. The van der Waals surface area contributed by atoms with Gasteiger partial charge in [-0.05, 0) is 45.0 Å². The SMILES string of the molecule is CCn1ncc(C(C)NC(=O)c2ccc(COc3ccc4c(c3)OCO4)o2)c1C. The zero-order valence-electron chi connectivity index (χ0n) is 16.6. The normalized spacial score (nSPS) is 13.3. The lowest BCUT2D eigenvalue weighted by molar-refractivity contribution is 0.0907. The summed E-state index contributed by atoms with van der Waals surface area (Å²) in [4.78, 5) is 12.5. The van der Waals surface area contributed by atoms with Gasteiger partial charge in [0.15, 0.2) is 17.3 Å². The third-order valence-corrected chi connectivity index (χ3v) is 4.87. The van der Waals surface area contributed by atoms with Crippen molar-refractivity contribution in [2.24, 2.45) is 0 Å². The highest BCUT2D eigenvalue weighted by Gasteiger charge is 2.19. The Balaban J connectivity index is 1.35. The summed E-state index contributed by atoms with van der Waals surface area (Å²) in [6.07, 6.45) is 1.79. The van der Waals surface area contributed by atoms with Crippen molar-refractivity contribution in [3.8, 4) is 17.2 Å². The largest absolute Gasteiger partial charge is 0.486 e. The standard InChI is InChI=1S/C21H23N3O5/c1-4-24-14(3)17(10-22-24)13(2)23-21(25)19-8-6-16(29-19)11-26-15-5-7-18-20(9-15)28-12-27-18/h5-10,13H,4,11-12H2,1-3H3,(H,23,25). The number of fused-ring (bicyclic) bond motifs is 1. The van der Waals surface area contributed by atoms with Gasteiger partial charge in [-0.15, -0.1) is 0 Å². The zero-order chi connectivity index (χ0) is 20.4. The number of aryl methyl sites for hydroxylation is 1. The number of rotatable bonds is 7. The maximum atomic E-state index is 12.5. The molecule has 8 heteroatoms. The van der Waals surface area contributed by atoms with E-state index < -0.39 is 0 Å². The van der Waals surface area contributed by atoms with Crippen molar-refractivity contribution in [1.29, 1.82) is 0 Å². The second-order valence-corrected chi connectivity index (χ2v) is 6.77. The van der Waals surface area contributed by atoms with Crippen LogP contribution in [0.2, 0.25) is 0 Å². The number of carbonyl (C=O) groups is 1. The number of nitrogens with one attached hydrogen (secondary N) is 1. The first-order valence-electron chi connectivity index (χ1n) is 9.49. The average molecular weight is 397 g/mol. The van der Waals surface area contributed by atoms with E-state index in [1.807, 2.05) is 25.5 Å². The molecule has 1 atom stereocenters. The van der Waals surface area contributed by atoms with Crippen LogP contribution in [0.3, 0.4) is 0 Å². The minimum absolute atomic E-state index is 0.179. The van der Waals surface area contributed by atoms with Gasteiger partial charge >= 0.3 is 0 Å². The second-order valence-electron chi connectivity index (χ2n) is 6.77. The number of amides is 1. The van der Waals surface area contributed by atoms with Crippen LogP contribution in [0, 0.1) is 6.92 Å². The summed E-state index contributed by atoms with van der Waals surface area (Å²) >= 11 is 0. The van der Waals surface area contributed by atoms with Gasteiger partial charge in [-0.25, -0.2) is 0 Å². The van der Waals surface area contributed by atoms with Gasteiger partial charge in [0.1, 0.15) is 18.1 Å². The lowest BCUT2D eigenvalue weighted by atomic mass is 10.1. The van der Waals surface area contributed by atoms with Crippen LogP contribution in [0.25, 0.3) is 0 Å². The summed E-state index contributed by atoms with van der Waals surface area (Å²) in [6, 6.07) is 8.55. The molecular weight excluding hydrogens is 374 g/mol. The fourth-order valence-electron chi connectivity index (χ4n) is 3.25. The number of hydrogen-bond donors (Lipinski definition) is 1. The number of ether oxygens (including phenoxy) is 3. The van der Waals surface area contributed by atoms with Crippen LogP contribution in [0.5, 0.6) is 17.2 Å². The molecule has 0 saturated heterocycles. The van der Waals surface area contributed by atoms with Gasteiger partial charge in [0.2, 0.25) is 6.79 Å². The maximum Gasteiger partial charge on any atom is 0.287 e. The topological polar surface area (TPSA) is 87.8 Å². The molecule has 3 heterocycles. The molecule has 152 valence electrons. The number of nitrogens with zero attached hydrogens (tertiary/aromatic N) is 2. The number of hydrogen-bond acceptors (Lipinski definition) is 6. The van der Waals surface area contributed by atoms with E-state index in [4.69, 9.17) is 18.6 Å². The van der Waals surface area contributed by atoms with Crippen LogP contribution in [-0.2, 0) is 13.2 Å². The number of benzene rings is 1. The van der Waals surface area contributed by atoms with Crippen molar-refractivity contribution in [3.05, 3.63) is 59.3 Å². The molecule has 0 spiro atoms. The second kappa shape index (κ2) is 7.90. The molecule has 1 amide bonds. The molecule has 1 aliphatic rings. The highest BCUT2D eigenvalue weighted by Crippen LogP contribution is 2.35. The van der Waals surface area contributed by atoms with E-state index in [0.29, 0.717) is 23.0 Å². The number of aromatic nitrogens is 2. The molecule has 0 fully saturated rings. The molecule has 4 rings (SSSR count). The van der Waals surface area contributed by atoms with Crippen molar-refractivity contribution in [1.82, 2.24) is 15.1 Å². The lowest BCUT2D eigenvalue weighted by Gasteiger charge is -2.13. The molecule has 0 bridgehead atoms. The molecule has 29 heavy (non-hydrogen) atoms. The predicted molar refractivity (Wildman–Crippen MR) is 104 cm³/mol. The molecule has 1 N–H and O–H groups in total. The van der Waals surface area contributed by atoms with Gasteiger partial charge in [0.05, 0.1) is 12.2 Å². The fraction of sp³-hybridized carbons (Fsp3) is 0.333. The van der Waals surface area contributed by atoms with E-state index in [0.717, 1.165) is 17.8 Å². The van der Waals surface area contributed by atoms with Crippen LogP contribution in [0.4, 0.5) is 0 Å². The molecule has 2 aromatic heterocycles. The first-order chi connectivity index (χ1) is 14.0. The van der Waals surface area contributed by atoms with E-state index in [9.17, 15) is 4.79 Å². The van der Waals surface area contributed by atoms with E-state index >= 15 is 0 Å². The minimum atomic E-state index is -0.282. The van der Waals surface area contributed by atoms with Crippen molar-refractivity contribution in [3.63, 3.8) is 0 Å². The molecule has 3 aromatic rings. The van der Waals surface area contributed by atoms with Crippen molar-refractivity contribution >= 4 is 5.91 Å². The van der Waals surface area contributed by atoms with Gasteiger partial charge in [-0.2, -0.15) is 5.10 Å². The van der Waals surface area contributed by atoms with E-state index in [-0.39, 0.29) is 31.1 Å². The zero-order valence-corrected chi connectivity index (χ0v) is 16.6. The third-order valence-electron chi connectivity index (χ3n) is 4.87. The Morgan fingerprint density at radius 2 is 2.10 bits per heavy atom. The van der Waals surface area contributed by atoms with Gasteiger partial charge in [-0.3, -0.25) is 9.48 Å². The minimum Gasteiger partial charge on any atom is -0.486 e. The van der Waals surface area contributed by atoms with Gasteiger partial charge in [0.25, 0.3) is 5.91 Å². The van der Waals surface area contributed by atoms with Crippen molar-refractivity contribution in [2.75, 3.05) is 6.79 Å². The summed E-state index contributed by atoms with van der Waals surface area (Å²) in [5.74, 6) is 2.49. The Morgan fingerprint density at radius 1 is 1.28 bits per heavy atom. The third kappa shape index (κ3) is 3.91. The summed E-state index contributed by atoms with van der Waals surface area (Å²) in [7, 11) is 0. The quantitative estimate of drug-likeness (QED) is 0.655. The fourth-order valence-corrected chi connectivity index (χ4v) is 3.25. The molecule has 8 nitrogen and oxygen atoms in total. The summed E-state index contributed by atoms with van der Waals surface area (Å²) in [6.45, 7) is 7.15. The average Bonchev–Trinajstić information content (AvgIpc) is 3.45. The van der Waals surface area contributed by atoms with E-state index in [1.54, 1.807) is 36.5 Å². The Bertz CT molecular complexity index is 1020. The van der Waals surface area contributed by atoms with Crippen LogP contribution in [-0.4, -0.2) is 22.5 Å². The number of furan rings is 1. The van der Waals surface area contributed by atoms with E-state index in [2.05, 4.69) is 10.4 Å².